The van der Waals surface area contributed by atoms with Crippen molar-refractivity contribution in [2.45, 2.75) is 17.6 Å². The van der Waals surface area contributed by atoms with Gasteiger partial charge in [-0.25, -0.2) is 4.79 Å². The molecular weight excluding hydrogens is 272 g/mol. The molecule has 0 N–H and O–H groups in total. The minimum Gasteiger partial charge on any atom is -0.465 e. The Morgan fingerprint density at radius 2 is 1.75 bits per heavy atom. The van der Waals surface area contributed by atoms with E-state index in [9.17, 15) is 9.00 Å². The van der Waals surface area contributed by atoms with Crippen LogP contribution in [0.25, 0.3) is 0 Å². The lowest BCUT2D eigenvalue weighted by Crippen LogP contribution is -2.07. The van der Waals surface area contributed by atoms with Crippen LogP contribution in [-0.2, 0) is 21.3 Å². The van der Waals surface area contributed by atoms with Crippen molar-refractivity contribution in [2.24, 2.45) is 0 Å². The largest absolute Gasteiger partial charge is 0.465 e. The third-order valence-electron chi connectivity index (χ3n) is 2.99. The van der Waals surface area contributed by atoms with Crippen molar-refractivity contribution in [3.8, 4) is 0 Å². The molecular formula is C16H16O3S. The van der Waals surface area contributed by atoms with Gasteiger partial charge in [-0.05, 0) is 30.7 Å². The molecule has 4 heteroatoms. The fraction of sp³-hybridized carbons (Fsp3) is 0.188. The minimum absolute atomic E-state index is 0.300. The van der Waals surface area contributed by atoms with E-state index in [1.54, 1.807) is 18.2 Å². The van der Waals surface area contributed by atoms with E-state index in [1.165, 1.54) is 7.11 Å². The number of carbonyl (C=O) groups excluding carboxylic acids is 1. The molecule has 0 saturated carbocycles. The van der Waals surface area contributed by atoms with Gasteiger partial charge in [-0.3, -0.25) is 4.21 Å². The van der Waals surface area contributed by atoms with E-state index in [0.717, 1.165) is 16.0 Å². The van der Waals surface area contributed by atoms with Gasteiger partial charge >= 0.3 is 5.97 Å². The highest BCUT2D eigenvalue weighted by Crippen LogP contribution is 2.17. The average Bonchev–Trinajstić information content (AvgIpc) is 2.47. The molecule has 20 heavy (non-hydrogen) atoms. The third kappa shape index (κ3) is 3.33. The maximum absolute atomic E-state index is 12.3. The van der Waals surface area contributed by atoms with E-state index in [-0.39, 0.29) is 0 Å². The summed E-state index contributed by atoms with van der Waals surface area (Å²) < 4.78 is 17.1. The quantitative estimate of drug-likeness (QED) is 0.812. The first-order valence-electron chi connectivity index (χ1n) is 6.23. The standard InChI is InChI=1S/C16H16O3S/c1-12-7-9-14(10-8-12)20(18)11-13-5-3-4-6-15(13)16(17)19-2/h3-10H,11H2,1-2H3. The van der Waals surface area contributed by atoms with Gasteiger partial charge in [0.15, 0.2) is 0 Å². The van der Waals surface area contributed by atoms with Crippen LogP contribution < -0.4 is 0 Å². The summed E-state index contributed by atoms with van der Waals surface area (Å²) in [6, 6.07) is 14.7. The molecule has 2 rings (SSSR count). The Hall–Kier alpha value is -1.94. The maximum atomic E-state index is 12.3. The third-order valence-corrected chi connectivity index (χ3v) is 4.36. The summed E-state index contributed by atoms with van der Waals surface area (Å²) in [6.45, 7) is 1.99. The molecule has 104 valence electrons. The molecule has 0 saturated heterocycles. The smallest absolute Gasteiger partial charge is 0.338 e. The number of methoxy groups -OCH3 is 1. The van der Waals surface area contributed by atoms with Gasteiger partial charge in [-0.1, -0.05) is 35.9 Å². The summed E-state index contributed by atoms with van der Waals surface area (Å²) in [4.78, 5) is 12.4. The van der Waals surface area contributed by atoms with Crippen LogP contribution in [0.3, 0.4) is 0 Å². The van der Waals surface area contributed by atoms with Crippen molar-refractivity contribution in [1.82, 2.24) is 0 Å². The van der Waals surface area contributed by atoms with Crippen molar-refractivity contribution in [1.29, 1.82) is 0 Å². The average molecular weight is 288 g/mol. The van der Waals surface area contributed by atoms with Gasteiger partial charge in [0.2, 0.25) is 0 Å². The SMILES string of the molecule is COC(=O)c1ccccc1CS(=O)c1ccc(C)cc1. The second kappa shape index (κ2) is 6.48. The van der Waals surface area contributed by atoms with E-state index in [1.807, 2.05) is 37.3 Å². The Labute approximate surface area is 121 Å². The number of benzene rings is 2. The van der Waals surface area contributed by atoms with Crippen molar-refractivity contribution < 1.29 is 13.7 Å². The molecule has 3 nitrogen and oxygen atoms in total. The number of hydrogen-bond donors (Lipinski definition) is 0. The lowest BCUT2D eigenvalue weighted by Gasteiger charge is -2.08. The summed E-state index contributed by atoms with van der Waals surface area (Å²) in [5.74, 6) is -0.101. The molecule has 0 fully saturated rings. The van der Waals surface area contributed by atoms with E-state index in [4.69, 9.17) is 4.74 Å². The van der Waals surface area contributed by atoms with Crippen molar-refractivity contribution in [3.05, 3.63) is 65.2 Å². The summed E-state index contributed by atoms with van der Waals surface area (Å²) in [5, 5.41) is 0. The van der Waals surface area contributed by atoms with E-state index >= 15 is 0 Å². The lowest BCUT2D eigenvalue weighted by molar-refractivity contribution is 0.0600. The molecule has 0 aliphatic heterocycles. The summed E-state index contributed by atoms with van der Waals surface area (Å²) >= 11 is 0. The van der Waals surface area contributed by atoms with Gasteiger partial charge in [0.05, 0.1) is 29.2 Å². The maximum Gasteiger partial charge on any atom is 0.338 e. The highest BCUT2D eigenvalue weighted by atomic mass is 32.2. The van der Waals surface area contributed by atoms with Gasteiger partial charge in [0.1, 0.15) is 0 Å². The van der Waals surface area contributed by atoms with Gasteiger partial charge in [0, 0.05) is 4.90 Å². The summed E-state index contributed by atoms with van der Waals surface area (Å²) in [5.41, 5.74) is 2.33. The van der Waals surface area contributed by atoms with E-state index in [2.05, 4.69) is 0 Å². The topological polar surface area (TPSA) is 43.4 Å². The molecule has 0 spiro atoms. The van der Waals surface area contributed by atoms with Crippen LogP contribution >= 0.6 is 0 Å². The fourth-order valence-electron chi connectivity index (χ4n) is 1.87. The van der Waals surface area contributed by atoms with Crippen LogP contribution in [0.1, 0.15) is 21.5 Å². The van der Waals surface area contributed by atoms with Crippen LogP contribution in [0.4, 0.5) is 0 Å². The predicted octanol–water partition coefficient (Wildman–Crippen LogP) is 3.09. The fourth-order valence-corrected chi connectivity index (χ4v) is 3.01. The van der Waals surface area contributed by atoms with Crippen molar-refractivity contribution >= 4 is 16.8 Å². The number of esters is 1. The van der Waals surface area contributed by atoms with Crippen LogP contribution in [0, 0.1) is 6.92 Å². The van der Waals surface area contributed by atoms with Gasteiger partial charge < -0.3 is 4.74 Å². The second-order valence-corrected chi connectivity index (χ2v) is 5.90. The monoisotopic (exact) mass is 288 g/mol. The minimum atomic E-state index is -1.18. The van der Waals surface area contributed by atoms with Crippen molar-refractivity contribution in [3.63, 3.8) is 0 Å². The molecule has 2 aromatic carbocycles. The number of carbonyl (C=O) groups is 1. The van der Waals surface area contributed by atoms with Crippen molar-refractivity contribution in [2.75, 3.05) is 7.11 Å². The van der Waals surface area contributed by atoms with Gasteiger partial charge in [-0.15, -0.1) is 0 Å². The highest BCUT2D eigenvalue weighted by Gasteiger charge is 2.14. The molecule has 0 amide bonds. The molecule has 0 radical (unpaired) electrons. The number of hydrogen-bond acceptors (Lipinski definition) is 3. The Balaban J connectivity index is 2.24. The Kier molecular flexibility index (Phi) is 4.69. The normalized spacial score (nSPS) is 11.9. The first-order chi connectivity index (χ1) is 9.61. The molecule has 0 aliphatic rings. The molecule has 0 aromatic heterocycles. The number of aryl methyl sites for hydroxylation is 1. The molecule has 1 unspecified atom stereocenters. The Morgan fingerprint density at radius 3 is 2.40 bits per heavy atom. The highest BCUT2D eigenvalue weighted by molar-refractivity contribution is 7.84. The van der Waals surface area contributed by atoms with E-state index in [0.29, 0.717) is 11.3 Å². The van der Waals surface area contributed by atoms with Crippen LogP contribution in [0.5, 0.6) is 0 Å². The summed E-state index contributed by atoms with van der Waals surface area (Å²) in [7, 11) is 0.164. The lowest BCUT2D eigenvalue weighted by atomic mass is 10.1. The molecule has 0 heterocycles. The zero-order valence-corrected chi connectivity index (χ0v) is 12.3. The Morgan fingerprint density at radius 1 is 1.10 bits per heavy atom. The summed E-state index contributed by atoms with van der Waals surface area (Å²) in [6.07, 6.45) is 0. The van der Waals surface area contributed by atoms with Crippen LogP contribution in [0.15, 0.2) is 53.4 Å². The van der Waals surface area contributed by atoms with E-state index < -0.39 is 16.8 Å². The molecule has 2 aromatic rings. The zero-order chi connectivity index (χ0) is 14.5. The Bertz CT molecular complexity index is 632. The van der Waals surface area contributed by atoms with Gasteiger partial charge in [-0.2, -0.15) is 0 Å². The second-order valence-electron chi connectivity index (χ2n) is 4.45. The molecule has 0 bridgehead atoms. The first-order valence-corrected chi connectivity index (χ1v) is 7.55. The predicted molar refractivity (Wildman–Crippen MR) is 79.1 cm³/mol. The zero-order valence-electron chi connectivity index (χ0n) is 11.5. The van der Waals surface area contributed by atoms with Crippen LogP contribution in [0.2, 0.25) is 0 Å². The number of ether oxygens (including phenoxy) is 1. The molecule has 0 aliphatic carbocycles. The van der Waals surface area contributed by atoms with Crippen LogP contribution in [-0.4, -0.2) is 17.3 Å². The molecule has 1 atom stereocenters. The number of rotatable bonds is 4. The van der Waals surface area contributed by atoms with Gasteiger partial charge in [0.25, 0.3) is 0 Å². The first kappa shape index (κ1) is 14.5.